The minimum absolute atomic E-state index is 0.0393. The van der Waals surface area contributed by atoms with Crippen LogP contribution in [0.15, 0.2) is 0 Å². The van der Waals surface area contributed by atoms with Crippen molar-refractivity contribution in [2.24, 2.45) is 34.5 Å². The predicted octanol–water partition coefficient (Wildman–Crippen LogP) is 2.91. The Kier molecular flexibility index (Phi) is 3.12. The molecule has 4 aliphatic carbocycles. The molecule has 1 saturated heterocycles. The lowest BCUT2D eigenvalue weighted by molar-refractivity contribution is -0.168. The third-order valence-electron chi connectivity index (χ3n) is 9.28. The molecule has 25 heavy (non-hydrogen) atoms. The zero-order chi connectivity index (χ0) is 17.8. The number of aliphatic hydroxyl groups is 1. The van der Waals surface area contributed by atoms with Crippen LogP contribution in [0.3, 0.4) is 0 Å². The van der Waals surface area contributed by atoms with Crippen LogP contribution in [0.1, 0.15) is 65.7 Å². The average molecular weight is 346 g/mol. The standard InChI is InChI=1S/C21H30O4/c1-11(22)21-17(25-21)9-15-14-5-4-12-8-13(23)6-7-19(12,2)18(14)16(24)10-20(15,21)3/h12-15,17-18,23H,4-10H2,1-3H3/t12-,13-,14-,15-,17+,18+,19-,20-,21+/m0/s1. The van der Waals surface area contributed by atoms with Gasteiger partial charge in [-0.25, -0.2) is 0 Å². The first-order chi connectivity index (χ1) is 11.7. The molecule has 1 heterocycles. The van der Waals surface area contributed by atoms with Gasteiger partial charge in [-0.15, -0.1) is 0 Å². The molecule has 5 fully saturated rings. The number of fused-ring (bicyclic) bond motifs is 7. The minimum atomic E-state index is -0.668. The summed E-state index contributed by atoms with van der Waals surface area (Å²) in [6, 6.07) is 0. The van der Waals surface area contributed by atoms with Gasteiger partial charge in [0.25, 0.3) is 0 Å². The number of Topliss-reactive ketones (excluding diaryl/α,β-unsaturated/α-hetero) is 2. The topological polar surface area (TPSA) is 66.9 Å². The number of ketones is 2. The maximum absolute atomic E-state index is 13.4. The first-order valence-electron chi connectivity index (χ1n) is 10.1. The molecule has 4 nitrogen and oxygen atoms in total. The summed E-state index contributed by atoms with van der Waals surface area (Å²) in [5.74, 6) is 1.91. The van der Waals surface area contributed by atoms with Crippen molar-refractivity contribution >= 4 is 11.6 Å². The Hall–Kier alpha value is -0.740. The number of carbonyl (C=O) groups is 2. The summed E-state index contributed by atoms with van der Waals surface area (Å²) in [5, 5.41) is 10.1. The maximum Gasteiger partial charge on any atom is 0.164 e. The summed E-state index contributed by atoms with van der Waals surface area (Å²) in [4.78, 5) is 25.8. The van der Waals surface area contributed by atoms with E-state index < -0.39 is 5.60 Å². The van der Waals surface area contributed by atoms with Gasteiger partial charge in [-0.05, 0) is 68.6 Å². The quantitative estimate of drug-likeness (QED) is 0.741. The van der Waals surface area contributed by atoms with Crippen LogP contribution in [0.25, 0.3) is 0 Å². The molecule has 4 saturated carbocycles. The van der Waals surface area contributed by atoms with Crippen molar-refractivity contribution in [2.45, 2.75) is 83.5 Å². The van der Waals surface area contributed by atoms with Crippen LogP contribution >= 0.6 is 0 Å². The number of hydrogen-bond donors (Lipinski definition) is 1. The van der Waals surface area contributed by atoms with E-state index in [2.05, 4.69) is 13.8 Å². The van der Waals surface area contributed by atoms with E-state index >= 15 is 0 Å². The van der Waals surface area contributed by atoms with Crippen LogP contribution in [0.5, 0.6) is 0 Å². The highest BCUT2D eigenvalue weighted by Crippen LogP contribution is 2.73. The minimum Gasteiger partial charge on any atom is -0.393 e. The Balaban J connectivity index is 1.53. The Labute approximate surface area is 149 Å². The molecule has 0 aromatic carbocycles. The Morgan fingerprint density at radius 1 is 1.20 bits per heavy atom. The van der Waals surface area contributed by atoms with Crippen molar-refractivity contribution in [1.29, 1.82) is 0 Å². The fourth-order valence-corrected chi connectivity index (χ4v) is 8.11. The van der Waals surface area contributed by atoms with Crippen LogP contribution in [-0.4, -0.2) is 34.5 Å². The molecular formula is C21H30O4. The van der Waals surface area contributed by atoms with Crippen molar-refractivity contribution in [3.63, 3.8) is 0 Å². The molecule has 0 amide bonds. The van der Waals surface area contributed by atoms with Gasteiger partial charge >= 0.3 is 0 Å². The van der Waals surface area contributed by atoms with Crippen LogP contribution in [0.2, 0.25) is 0 Å². The second-order valence-electron chi connectivity index (χ2n) is 10.2. The lowest BCUT2D eigenvalue weighted by atomic mass is 9.44. The molecule has 1 aliphatic heterocycles. The first kappa shape index (κ1) is 16.4. The Bertz CT molecular complexity index is 658. The number of hydrogen-bond acceptors (Lipinski definition) is 4. The van der Waals surface area contributed by atoms with E-state index in [1.165, 1.54) is 0 Å². The molecule has 0 radical (unpaired) electrons. The Morgan fingerprint density at radius 2 is 1.96 bits per heavy atom. The summed E-state index contributed by atoms with van der Waals surface area (Å²) in [6.45, 7) is 6.11. The fraction of sp³-hybridized carbons (Fsp3) is 0.905. The molecule has 0 aromatic rings. The number of rotatable bonds is 1. The van der Waals surface area contributed by atoms with Crippen LogP contribution in [-0.2, 0) is 14.3 Å². The molecule has 5 aliphatic rings. The summed E-state index contributed by atoms with van der Waals surface area (Å²) >= 11 is 0. The first-order valence-corrected chi connectivity index (χ1v) is 10.1. The predicted molar refractivity (Wildman–Crippen MR) is 91.8 cm³/mol. The maximum atomic E-state index is 13.4. The molecular weight excluding hydrogens is 316 g/mol. The van der Waals surface area contributed by atoms with E-state index in [9.17, 15) is 14.7 Å². The second-order valence-corrected chi connectivity index (χ2v) is 10.2. The van der Waals surface area contributed by atoms with Crippen molar-refractivity contribution in [3.05, 3.63) is 0 Å². The van der Waals surface area contributed by atoms with Crippen molar-refractivity contribution in [2.75, 3.05) is 0 Å². The number of epoxide rings is 1. The zero-order valence-corrected chi connectivity index (χ0v) is 15.6. The Morgan fingerprint density at radius 3 is 2.68 bits per heavy atom. The van der Waals surface area contributed by atoms with Gasteiger partial charge in [0.05, 0.1) is 12.2 Å². The summed E-state index contributed by atoms with van der Waals surface area (Å²) in [6.07, 6.45) is 6.16. The number of aliphatic hydroxyl groups excluding tert-OH is 1. The van der Waals surface area contributed by atoms with Crippen LogP contribution < -0.4 is 0 Å². The molecule has 5 rings (SSSR count). The average Bonchev–Trinajstić information content (AvgIpc) is 3.22. The van der Waals surface area contributed by atoms with E-state index in [1.54, 1.807) is 6.92 Å². The van der Waals surface area contributed by atoms with E-state index in [-0.39, 0.29) is 34.7 Å². The van der Waals surface area contributed by atoms with Gasteiger partial charge < -0.3 is 9.84 Å². The largest absolute Gasteiger partial charge is 0.393 e. The van der Waals surface area contributed by atoms with Crippen molar-refractivity contribution < 1.29 is 19.4 Å². The highest BCUT2D eigenvalue weighted by atomic mass is 16.6. The lowest BCUT2D eigenvalue weighted by Crippen LogP contribution is -2.60. The highest BCUT2D eigenvalue weighted by molar-refractivity contribution is 5.93. The molecule has 0 spiro atoms. The van der Waals surface area contributed by atoms with Gasteiger partial charge in [0.1, 0.15) is 5.78 Å². The second kappa shape index (κ2) is 4.75. The van der Waals surface area contributed by atoms with Crippen molar-refractivity contribution in [3.8, 4) is 0 Å². The third kappa shape index (κ3) is 1.76. The summed E-state index contributed by atoms with van der Waals surface area (Å²) in [5.41, 5.74) is -0.935. The van der Waals surface area contributed by atoms with Crippen molar-refractivity contribution in [1.82, 2.24) is 0 Å². The van der Waals surface area contributed by atoms with E-state index in [4.69, 9.17) is 4.74 Å². The normalized spacial score (nSPS) is 59.4. The molecule has 138 valence electrons. The van der Waals surface area contributed by atoms with Gasteiger partial charge in [0.15, 0.2) is 11.4 Å². The van der Waals surface area contributed by atoms with Gasteiger partial charge in [-0.1, -0.05) is 13.8 Å². The summed E-state index contributed by atoms with van der Waals surface area (Å²) in [7, 11) is 0. The molecule has 4 heteroatoms. The van der Waals surface area contributed by atoms with Gasteiger partial charge in [0.2, 0.25) is 0 Å². The number of carbonyl (C=O) groups excluding carboxylic acids is 2. The number of ether oxygens (including phenoxy) is 1. The smallest absolute Gasteiger partial charge is 0.164 e. The molecule has 0 unspecified atom stereocenters. The zero-order valence-electron chi connectivity index (χ0n) is 15.6. The van der Waals surface area contributed by atoms with Crippen LogP contribution in [0.4, 0.5) is 0 Å². The highest BCUT2D eigenvalue weighted by Gasteiger charge is 2.80. The molecule has 1 N–H and O–H groups in total. The summed E-state index contributed by atoms with van der Waals surface area (Å²) < 4.78 is 5.91. The van der Waals surface area contributed by atoms with Gasteiger partial charge in [-0.2, -0.15) is 0 Å². The van der Waals surface area contributed by atoms with E-state index in [0.717, 1.165) is 38.5 Å². The molecule has 0 aromatic heterocycles. The van der Waals surface area contributed by atoms with E-state index in [1.807, 2.05) is 0 Å². The third-order valence-corrected chi connectivity index (χ3v) is 9.28. The van der Waals surface area contributed by atoms with E-state index in [0.29, 0.717) is 30.0 Å². The monoisotopic (exact) mass is 346 g/mol. The fourth-order valence-electron chi connectivity index (χ4n) is 8.11. The lowest BCUT2D eigenvalue weighted by Gasteiger charge is -2.60. The van der Waals surface area contributed by atoms with Gasteiger partial charge in [0, 0.05) is 17.8 Å². The van der Waals surface area contributed by atoms with Gasteiger partial charge in [-0.3, -0.25) is 9.59 Å². The SMILES string of the molecule is CC(=O)[C@@]12O[C@@H]1C[C@H]1[C@@H]3CC[C@H]4C[C@@H](O)CC[C@]4(C)[C@H]3C(=O)C[C@@]12C. The molecule has 9 atom stereocenters. The molecule has 0 bridgehead atoms. The van der Waals surface area contributed by atoms with Crippen LogP contribution in [0, 0.1) is 34.5 Å².